The summed E-state index contributed by atoms with van der Waals surface area (Å²) in [7, 11) is 5.67. The molecular formula is C7H16NO2+. The van der Waals surface area contributed by atoms with Crippen molar-refractivity contribution in [2.45, 2.75) is 19.4 Å². The van der Waals surface area contributed by atoms with Crippen LogP contribution in [0.5, 0.6) is 0 Å². The highest BCUT2D eigenvalue weighted by atomic mass is 16.4. The van der Waals surface area contributed by atoms with Crippen molar-refractivity contribution < 1.29 is 14.4 Å². The molecule has 1 N–H and O–H groups in total. The molecule has 0 aromatic carbocycles. The van der Waals surface area contributed by atoms with Crippen LogP contribution in [0.15, 0.2) is 0 Å². The van der Waals surface area contributed by atoms with Gasteiger partial charge in [-0.2, -0.15) is 0 Å². The zero-order chi connectivity index (χ0) is 8.36. The molecule has 0 rings (SSSR count). The van der Waals surface area contributed by atoms with E-state index in [0.717, 1.165) is 0 Å². The van der Waals surface area contributed by atoms with Gasteiger partial charge in [0.25, 0.3) is 0 Å². The van der Waals surface area contributed by atoms with Crippen LogP contribution in [0.1, 0.15) is 13.3 Å². The zero-order valence-corrected chi connectivity index (χ0v) is 7.09. The quantitative estimate of drug-likeness (QED) is 0.590. The lowest BCUT2D eigenvalue weighted by Crippen LogP contribution is -2.49. The Morgan fingerprint density at radius 3 is 1.90 bits per heavy atom. The summed E-state index contributed by atoms with van der Waals surface area (Å²) in [6.45, 7) is 1.89. The van der Waals surface area contributed by atoms with Crippen LogP contribution in [0, 0.1) is 0 Å². The Balaban J connectivity index is 4.22. The first kappa shape index (κ1) is 9.43. The normalized spacial score (nSPS) is 14.8. The Morgan fingerprint density at radius 2 is 1.90 bits per heavy atom. The highest BCUT2D eigenvalue weighted by Crippen LogP contribution is 2.06. The molecule has 3 heteroatoms. The van der Waals surface area contributed by atoms with Gasteiger partial charge in [0.15, 0.2) is 6.04 Å². The maximum absolute atomic E-state index is 10.6. The summed E-state index contributed by atoms with van der Waals surface area (Å²) in [5.74, 6) is -0.713. The summed E-state index contributed by atoms with van der Waals surface area (Å²) in [4.78, 5) is 10.6. The number of aliphatic carboxylic acids is 1. The highest BCUT2D eigenvalue weighted by molar-refractivity contribution is 5.71. The van der Waals surface area contributed by atoms with Crippen molar-refractivity contribution in [3.05, 3.63) is 0 Å². The Hall–Kier alpha value is -0.570. The second-order valence-electron chi connectivity index (χ2n) is 3.38. The van der Waals surface area contributed by atoms with Gasteiger partial charge in [-0.05, 0) is 0 Å². The van der Waals surface area contributed by atoms with Crippen LogP contribution >= 0.6 is 0 Å². The van der Waals surface area contributed by atoms with Crippen LogP contribution in [-0.4, -0.2) is 42.7 Å². The van der Waals surface area contributed by atoms with E-state index in [-0.39, 0.29) is 6.04 Å². The molecule has 0 aromatic heterocycles. The van der Waals surface area contributed by atoms with E-state index in [1.165, 1.54) is 0 Å². The Labute approximate surface area is 61.9 Å². The molecule has 0 radical (unpaired) electrons. The molecule has 1 unspecified atom stereocenters. The number of quaternary nitrogens is 1. The minimum atomic E-state index is -0.713. The number of carbonyl (C=O) groups is 1. The molecule has 0 bridgehead atoms. The lowest BCUT2D eigenvalue weighted by atomic mass is 10.2. The molecule has 60 valence electrons. The molecule has 0 fully saturated rings. The van der Waals surface area contributed by atoms with E-state index in [2.05, 4.69) is 0 Å². The minimum Gasteiger partial charge on any atom is -0.477 e. The number of rotatable bonds is 3. The smallest absolute Gasteiger partial charge is 0.362 e. The van der Waals surface area contributed by atoms with Crippen LogP contribution in [0.4, 0.5) is 0 Å². The van der Waals surface area contributed by atoms with Gasteiger partial charge in [-0.3, -0.25) is 0 Å². The van der Waals surface area contributed by atoms with Crippen molar-refractivity contribution in [2.24, 2.45) is 0 Å². The Bertz CT molecular complexity index is 126. The molecule has 0 amide bonds. The fourth-order valence-electron chi connectivity index (χ4n) is 1.05. The van der Waals surface area contributed by atoms with Gasteiger partial charge in [0.05, 0.1) is 21.1 Å². The molecule has 0 heterocycles. The molecule has 0 saturated carbocycles. The van der Waals surface area contributed by atoms with Crippen molar-refractivity contribution in [1.82, 2.24) is 0 Å². The molecular weight excluding hydrogens is 130 g/mol. The van der Waals surface area contributed by atoms with Crippen LogP contribution in [-0.2, 0) is 4.79 Å². The lowest BCUT2D eigenvalue weighted by Gasteiger charge is -2.30. The molecule has 0 aliphatic carbocycles. The van der Waals surface area contributed by atoms with Crippen LogP contribution < -0.4 is 0 Å². The van der Waals surface area contributed by atoms with Crippen LogP contribution in [0.25, 0.3) is 0 Å². The third kappa shape index (κ3) is 2.35. The summed E-state index contributed by atoms with van der Waals surface area (Å²) in [6.07, 6.45) is 0.679. The van der Waals surface area contributed by atoms with Crippen LogP contribution in [0.2, 0.25) is 0 Å². The molecule has 0 spiro atoms. The lowest BCUT2D eigenvalue weighted by molar-refractivity contribution is -0.887. The maximum atomic E-state index is 10.6. The molecule has 1 atom stereocenters. The molecule has 10 heavy (non-hydrogen) atoms. The van der Waals surface area contributed by atoms with Gasteiger partial charge in [0.1, 0.15) is 0 Å². The van der Waals surface area contributed by atoms with Gasteiger partial charge in [-0.25, -0.2) is 4.79 Å². The first-order valence-electron chi connectivity index (χ1n) is 3.43. The average molecular weight is 146 g/mol. The summed E-state index contributed by atoms with van der Waals surface area (Å²) in [5, 5.41) is 8.69. The second-order valence-corrected chi connectivity index (χ2v) is 3.38. The van der Waals surface area contributed by atoms with E-state index in [1.54, 1.807) is 0 Å². The molecule has 0 saturated heterocycles. The van der Waals surface area contributed by atoms with E-state index < -0.39 is 5.97 Å². The predicted molar refractivity (Wildman–Crippen MR) is 39.7 cm³/mol. The summed E-state index contributed by atoms with van der Waals surface area (Å²) in [5.41, 5.74) is 0. The minimum absolute atomic E-state index is 0.278. The molecule has 0 aliphatic heterocycles. The predicted octanol–water partition coefficient (Wildman–Crippen LogP) is 0.556. The van der Waals surface area contributed by atoms with Gasteiger partial charge in [-0.1, -0.05) is 6.92 Å². The SMILES string of the molecule is CCC(C(=O)O)[N+](C)(C)C. The summed E-state index contributed by atoms with van der Waals surface area (Å²) >= 11 is 0. The first-order valence-corrected chi connectivity index (χ1v) is 3.43. The van der Waals surface area contributed by atoms with Gasteiger partial charge in [0, 0.05) is 6.42 Å². The van der Waals surface area contributed by atoms with Crippen molar-refractivity contribution in [2.75, 3.05) is 21.1 Å². The van der Waals surface area contributed by atoms with Gasteiger partial charge < -0.3 is 9.59 Å². The standard InChI is InChI=1S/C7H15NO2/c1-5-6(7(9)10)8(2,3)4/h6H,5H2,1-4H3/p+1. The highest BCUT2D eigenvalue weighted by Gasteiger charge is 2.28. The number of carboxylic acid groups (broad SMARTS) is 1. The first-order chi connectivity index (χ1) is 4.39. The third-order valence-electron chi connectivity index (χ3n) is 1.61. The molecule has 0 aromatic rings. The van der Waals surface area contributed by atoms with Crippen molar-refractivity contribution in [3.63, 3.8) is 0 Å². The topological polar surface area (TPSA) is 37.3 Å². The number of likely N-dealkylation sites (N-methyl/N-ethyl adjacent to an activating group) is 1. The maximum Gasteiger partial charge on any atom is 0.362 e. The third-order valence-corrected chi connectivity index (χ3v) is 1.61. The van der Waals surface area contributed by atoms with Gasteiger partial charge in [0.2, 0.25) is 0 Å². The Kier molecular flexibility index (Phi) is 2.84. The number of hydrogen-bond donors (Lipinski definition) is 1. The number of carboxylic acids is 1. The summed E-state index contributed by atoms with van der Waals surface area (Å²) < 4.78 is 0.492. The second kappa shape index (κ2) is 3.01. The van der Waals surface area contributed by atoms with E-state index in [4.69, 9.17) is 5.11 Å². The van der Waals surface area contributed by atoms with Crippen molar-refractivity contribution in [3.8, 4) is 0 Å². The molecule has 3 nitrogen and oxygen atoms in total. The van der Waals surface area contributed by atoms with Crippen molar-refractivity contribution >= 4 is 5.97 Å². The van der Waals surface area contributed by atoms with E-state index in [0.29, 0.717) is 10.9 Å². The summed E-state index contributed by atoms with van der Waals surface area (Å²) in [6, 6.07) is -0.278. The van der Waals surface area contributed by atoms with Gasteiger partial charge >= 0.3 is 5.97 Å². The fourth-order valence-corrected chi connectivity index (χ4v) is 1.05. The monoisotopic (exact) mass is 146 g/mol. The Morgan fingerprint density at radius 1 is 1.50 bits per heavy atom. The largest absolute Gasteiger partial charge is 0.477 e. The van der Waals surface area contributed by atoms with Crippen molar-refractivity contribution in [1.29, 1.82) is 0 Å². The van der Waals surface area contributed by atoms with E-state index >= 15 is 0 Å². The van der Waals surface area contributed by atoms with Gasteiger partial charge in [-0.15, -0.1) is 0 Å². The van der Waals surface area contributed by atoms with Crippen LogP contribution in [0.3, 0.4) is 0 Å². The molecule has 0 aliphatic rings. The zero-order valence-electron chi connectivity index (χ0n) is 7.09. The fraction of sp³-hybridized carbons (Fsp3) is 0.857. The average Bonchev–Trinajstić information content (AvgIpc) is 1.60. The van der Waals surface area contributed by atoms with E-state index in [9.17, 15) is 4.79 Å². The van der Waals surface area contributed by atoms with E-state index in [1.807, 2.05) is 28.1 Å². The number of hydrogen-bond acceptors (Lipinski definition) is 1. The number of nitrogens with zero attached hydrogens (tertiary/aromatic N) is 1.